The molecule has 2 heterocycles. The van der Waals surface area contributed by atoms with E-state index in [1.807, 2.05) is 30.3 Å². The highest BCUT2D eigenvalue weighted by Gasteiger charge is 2.23. The molecule has 1 aliphatic heterocycles. The summed E-state index contributed by atoms with van der Waals surface area (Å²) in [7, 11) is 3.59. The predicted molar refractivity (Wildman–Crippen MR) is 92.9 cm³/mol. The molecule has 5 nitrogen and oxygen atoms in total. The monoisotopic (exact) mass is 327 g/mol. The van der Waals surface area contributed by atoms with Crippen LogP contribution in [0.15, 0.2) is 36.7 Å². The van der Waals surface area contributed by atoms with E-state index in [-0.39, 0.29) is 5.91 Å². The zero-order valence-corrected chi connectivity index (χ0v) is 14.4. The van der Waals surface area contributed by atoms with E-state index in [2.05, 4.69) is 17.2 Å². The summed E-state index contributed by atoms with van der Waals surface area (Å²) in [5, 5.41) is 4.12. The number of likely N-dealkylation sites (tertiary alicyclic amines) is 1. The first-order chi connectivity index (χ1) is 11.7. The molecular formula is C19H25N3O2. The summed E-state index contributed by atoms with van der Waals surface area (Å²) in [4.78, 5) is 14.4. The zero-order chi connectivity index (χ0) is 16.9. The van der Waals surface area contributed by atoms with Crippen LogP contribution in [0.2, 0.25) is 0 Å². The molecule has 1 aliphatic rings. The van der Waals surface area contributed by atoms with Gasteiger partial charge in [-0.1, -0.05) is 18.2 Å². The number of benzene rings is 1. The maximum atomic E-state index is 12.4. The Morgan fingerprint density at radius 2 is 2.04 bits per heavy atom. The van der Waals surface area contributed by atoms with Gasteiger partial charge in [0.25, 0.3) is 0 Å². The van der Waals surface area contributed by atoms with Crippen molar-refractivity contribution in [3.05, 3.63) is 47.8 Å². The molecule has 1 fully saturated rings. The number of para-hydroxylation sites is 1. The van der Waals surface area contributed by atoms with Gasteiger partial charge >= 0.3 is 0 Å². The number of nitrogens with zero attached hydrogens (tertiary/aromatic N) is 3. The number of amides is 1. The number of hydrogen-bond acceptors (Lipinski definition) is 3. The predicted octanol–water partition coefficient (Wildman–Crippen LogP) is 2.45. The molecule has 0 atom stereocenters. The van der Waals surface area contributed by atoms with Crippen LogP contribution in [0.25, 0.3) is 0 Å². The molecule has 1 aromatic heterocycles. The summed E-state index contributed by atoms with van der Waals surface area (Å²) in [5.74, 6) is 1.79. The van der Waals surface area contributed by atoms with Gasteiger partial charge in [0.15, 0.2) is 0 Å². The molecule has 0 aliphatic carbocycles. The molecular weight excluding hydrogens is 302 g/mol. The first-order valence-electron chi connectivity index (χ1n) is 8.53. The van der Waals surface area contributed by atoms with Crippen LogP contribution in [-0.2, 0) is 24.7 Å². The molecule has 1 saturated heterocycles. The van der Waals surface area contributed by atoms with E-state index >= 15 is 0 Å². The molecule has 2 aromatic rings. The zero-order valence-electron chi connectivity index (χ0n) is 14.4. The number of rotatable bonds is 5. The van der Waals surface area contributed by atoms with Gasteiger partial charge in [0, 0.05) is 26.3 Å². The number of hydrogen-bond donors (Lipinski definition) is 0. The Kier molecular flexibility index (Phi) is 5.18. The number of carbonyl (C=O) groups is 1. The number of aromatic nitrogens is 2. The molecule has 5 heteroatoms. The molecule has 3 rings (SSSR count). The van der Waals surface area contributed by atoms with Crippen molar-refractivity contribution in [3.8, 4) is 5.75 Å². The van der Waals surface area contributed by atoms with Gasteiger partial charge in [-0.3, -0.25) is 9.48 Å². The first-order valence-corrected chi connectivity index (χ1v) is 8.53. The average Bonchev–Trinajstić information content (AvgIpc) is 3.01. The number of aryl methyl sites for hydroxylation is 1. The number of piperidine rings is 1. The molecule has 0 bridgehead atoms. The Morgan fingerprint density at radius 1 is 1.29 bits per heavy atom. The van der Waals surface area contributed by atoms with Crippen molar-refractivity contribution in [3.63, 3.8) is 0 Å². The van der Waals surface area contributed by atoms with Crippen molar-refractivity contribution >= 4 is 5.91 Å². The van der Waals surface area contributed by atoms with Crippen molar-refractivity contribution in [2.24, 2.45) is 13.0 Å². The Labute approximate surface area is 143 Å². The summed E-state index contributed by atoms with van der Waals surface area (Å²) in [6, 6.07) is 8.22. The molecule has 1 aromatic carbocycles. The van der Waals surface area contributed by atoms with Crippen LogP contribution in [-0.4, -0.2) is 40.8 Å². The van der Waals surface area contributed by atoms with Crippen LogP contribution >= 0.6 is 0 Å². The van der Waals surface area contributed by atoms with E-state index in [4.69, 9.17) is 4.74 Å². The first kappa shape index (κ1) is 16.6. The van der Waals surface area contributed by atoms with E-state index in [9.17, 15) is 4.79 Å². The normalized spacial score (nSPS) is 15.5. The minimum Gasteiger partial charge on any atom is -0.496 e. The lowest BCUT2D eigenvalue weighted by Gasteiger charge is -2.32. The molecule has 24 heavy (non-hydrogen) atoms. The van der Waals surface area contributed by atoms with E-state index in [1.165, 1.54) is 5.56 Å². The third kappa shape index (κ3) is 3.96. The highest BCUT2D eigenvalue weighted by atomic mass is 16.5. The SMILES string of the molecule is COc1ccccc1CC1CCN(C(=O)Cc2cnn(C)c2)CC1. The molecule has 0 unspecified atom stereocenters. The van der Waals surface area contributed by atoms with Gasteiger partial charge in [-0.15, -0.1) is 0 Å². The summed E-state index contributed by atoms with van der Waals surface area (Å²) < 4.78 is 7.18. The van der Waals surface area contributed by atoms with E-state index in [0.717, 1.165) is 43.7 Å². The Balaban J connectivity index is 1.51. The van der Waals surface area contributed by atoms with Crippen molar-refractivity contribution in [1.29, 1.82) is 0 Å². The third-order valence-electron chi connectivity index (χ3n) is 4.78. The molecule has 0 radical (unpaired) electrons. The van der Waals surface area contributed by atoms with Crippen LogP contribution in [0.5, 0.6) is 5.75 Å². The highest BCUT2D eigenvalue weighted by Crippen LogP contribution is 2.26. The minimum absolute atomic E-state index is 0.207. The second-order valence-corrected chi connectivity index (χ2v) is 6.54. The van der Waals surface area contributed by atoms with Gasteiger partial charge in [-0.2, -0.15) is 5.10 Å². The van der Waals surface area contributed by atoms with Crippen LogP contribution in [0, 0.1) is 5.92 Å². The maximum Gasteiger partial charge on any atom is 0.227 e. The lowest BCUT2D eigenvalue weighted by Crippen LogP contribution is -2.39. The van der Waals surface area contributed by atoms with Crippen LogP contribution in [0.4, 0.5) is 0 Å². The van der Waals surface area contributed by atoms with Crippen molar-refractivity contribution in [1.82, 2.24) is 14.7 Å². The summed E-state index contributed by atoms with van der Waals surface area (Å²) >= 11 is 0. The molecule has 1 amide bonds. The van der Waals surface area contributed by atoms with Crippen molar-refractivity contribution in [2.45, 2.75) is 25.7 Å². The second-order valence-electron chi connectivity index (χ2n) is 6.54. The number of carbonyl (C=O) groups excluding carboxylic acids is 1. The average molecular weight is 327 g/mol. The van der Waals surface area contributed by atoms with Gasteiger partial charge in [-0.25, -0.2) is 0 Å². The topological polar surface area (TPSA) is 47.4 Å². The molecule has 0 saturated carbocycles. The van der Waals surface area contributed by atoms with Crippen LogP contribution in [0.1, 0.15) is 24.0 Å². The molecule has 0 N–H and O–H groups in total. The molecule has 128 valence electrons. The van der Waals surface area contributed by atoms with Gasteiger partial charge in [0.2, 0.25) is 5.91 Å². The second kappa shape index (κ2) is 7.51. The van der Waals surface area contributed by atoms with Crippen LogP contribution in [0.3, 0.4) is 0 Å². The van der Waals surface area contributed by atoms with Gasteiger partial charge in [-0.05, 0) is 42.4 Å². The number of ether oxygens (including phenoxy) is 1. The summed E-state index contributed by atoms with van der Waals surface area (Å²) in [5.41, 5.74) is 2.25. The Morgan fingerprint density at radius 3 is 2.71 bits per heavy atom. The Bertz CT molecular complexity index is 687. The molecule has 0 spiro atoms. The lowest BCUT2D eigenvalue weighted by molar-refractivity contribution is -0.131. The number of methoxy groups -OCH3 is 1. The lowest BCUT2D eigenvalue weighted by atomic mass is 9.89. The standard InChI is InChI=1S/C19H25N3O2/c1-21-14-16(13-20-21)12-19(23)22-9-7-15(8-10-22)11-17-5-3-4-6-18(17)24-2/h3-6,13-15H,7-12H2,1-2H3. The quantitative estimate of drug-likeness (QED) is 0.847. The largest absolute Gasteiger partial charge is 0.496 e. The van der Waals surface area contributed by atoms with Crippen LogP contribution < -0.4 is 4.74 Å². The smallest absolute Gasteiger partial charge is 0.227 e. The van der Waals surface area contributed by atoms with Gasteiger partial charge < -0.3 is 9.64 Å². The van der Waals surface area contributed by atoms with Crippen molar-refractivity contribution < 1.29 is 9.53 Å². The fraction of sp³-hybridized carbons (Fsp3) is 0.474. The Hall–Kier alpha value is -2.30. The summed E-state index contributed by atoms with van der Waals surface area (Å²) in [6.07, 6.45) is 7.26. The van der Waals surface area contributed by atoms with Crippen molar-refractivity contribution in [2.75, 3.05) is 20.2 Å². The van der Waals surface area contributed by atoms with E-state index < -0.39 is 0 Å². The summed E-state index contributed by atoms with van der Waals surface area (Å²) in [6.45, 7) is 1.69. The van der Waals surface area contributed by atoms with E-state index in [0.29, 0.717) is 12.3 Å². The fourth-order valence-electron chi connectivity index (χ4n) is 3.42. The van der Waals surface area contributed by atoms with Gasteiger partial charge in [0.1, 0.15) is 5.75 Å². The van der Waals surface area contributed by atoms with E-state index in [1.54, 1.807) is 18.0 Å². The third-order valence-corrected chi connectivity index (χ3v) is 4.78. The fourth-order valence-corrected chi connectivity index (χ4v) is 3.42. The highest BCUT2D eigenvalue weighted by molar-refractivity contribution is 5.78. The van der Waals surface area contributed by atoms with Gasteiger partial charge in [0.05, 0.1) is 19.7 Å². The maximum absolute atomic E-state index is 12.4. The minimum atomic E-state index is 0.207.